The Morgan fingerprint density at radius 2 is 1.28 bits per heavy atom. The summed E-state index contributed by atoms with van der Waals surface area (Å²) in [5, 5.41) is 5.85. The molecule has 0 atom stereocenters. The third kappa shape index (κ3) is 5.11. The van der Waals surface area contributed by atoms with Crippen LogP contribution < -0.4 is 10.6 Å². The SMILES string of the molecule is CC(=O)NCc1ccc(C(=O)NCC(C)(c2ccccc2)c2ccccc2)cc1. The fraction of sp³-hybridized carbons (Fsp3) is 0.200. The number of carbonyl (C=O) groups is 2. The van der Waals surface area contributed by atoms with Crippen LogP contribution in [-0.4, -0.2) is 18.4 Å². The van der Waals surface area contributed by atoms with E-state index >= 15 is 0 Å². The number of nitrogens with one attached hydrogen (secondary N) is 2. The van der Waals surface area contributed by atoms with Gasteiger partial charge in [0.1, 0.15) is 0 Å². The Bertz CT molecular complexity index is 912. The predicted octanol–water partition coefficient (Wildman–Crippen LogP) is 4.06. The summed E-state index contributed by atoms with van der Waals surface area (Å²) in [5.74, 6) is -0.193. The van der Waals surface area contributed by atoms with Gasteiger partial charge in [-0.05, 0) is 35.7 Å². The Morgan fingerprint density at radius 1 is 0.759 bits per heavy atom. The van der Waals surface area contributed by atoms with Gasteiger partial charge in [-0.1, -0.05) is 72.8 Å². The van der Waals surface area contributed by atoms with Gasteiger partial charge in [-0.2, -0.15) is 0 Å². The highest BCUT2D eigenvalue weighted by atomic mass is 16.2. The molecule has 0 unspecified atom stereocenters. The molecule has 2 N–H and O–H groups in total. The average molecular weight is 386 g/mol. The van der Waals surface area contributed by atoms with Crippen LogP contribution in [-0.2, 0) is 16.8 Å². The van der Waals surface area contributed by atoms with Crippen molar-refractivity contribution in [2.75, 3.05) is 6.54 Å². The fourth-order valence-electron chi connectivity index (χ4n) is 3.34. The summed E-state index contributed by atoms with van der Waals surface area (Å²) in [6.45, 7) is 4.57. The Hall–Kier alpha value is -3.40. The van der Waals surface area contributed by atoms with Crippen LogP contribution in [0.1, 0.15) is 40.9 Å². The van der Waals surface area contributed by atoms with Gasteiger partial charge >= 0.3 is 0 Å². The van der Waals surface area contributed by atoms with Gasteiger partial charge in [-0.15, -0.1) is 0 Å². The number of hydrogen-bond acceptors (Lipinski definition) is 2. The smallest absolute Gasteiger partial charge is 0.251 e. The van der Waals surface area contributed by atoms with Crippen molar-refractivity contribution in [1.82, 2.24) is 10.6 Å². The molecule has 0 saturated carbocycles. The molecule has 4 nitrogen and oxygen atoms in total. The Kier molecular flexibility index (Phi) is 6.45. The molecule has 0 aliphatic heterocycles. The monoisotopic (exact) mass is 386 g/mol. The molecule has 0 fully saturated rings. The van der Waals surface area contributed by atoms with Crippen molar-refractivity contribution in [3.8, 4) is 0 Å². The zero-order valence-electron chi connectivity index (χ0n) is 16.8. The molecule has 29 heavy (non-hydrogen) atoms. The summed E-state index contributed by atoms with van der Waals surface area (Å²) >= 11 is 0. The van der Waals surface area contributed by atoms with E-state index in [9.17, 15) is 9.59 Å². The third-order valence-corrected chi connectivity index (χ3v) is 5.18. The maximum absolute atomic E-state index is 12.8. The highest BCUT2D eigenvalue weighted by Crippen LogP contribution is 2.31. The molecule has 4 heteroatoms. The summed E-state index contributed by atoms with van der Waals surface area (Å²) in [6.07, 6.45) is 0. The lowest BCUT2D eigenvalue weighted by Gasteiger charge is -2.31. The number of benzene rings is 3. The molecule has 0 aliphatic rings. The second-order valence-electron chi connectivity index (χ2n) is 7.35. The molecule has 0 saturated heterocycles. The standard InChI is InChI=1S/C25H26N2O2/c1-19(28)26-17-20-13-15-21(16-14-20)24(29)27-18-25(2,22-9-5-3-6-10-22)23-11-7-4-8-12-23/h3-16H,17-18H2,1-2H3,(H,26,28)(H,27,29). The Labute approximate surface area is 172 Å². The van der Waals surface area contributed by atoms with E-state index in [2.05, 4.69) is 41.8 Å². The molecular formula is C25H26N2O2. The zero-order chi connectivity index (χ0) is 20.7. The van der Waals surface area contributed by atoms with Gasteiger partial charge < -0.3 is 10.6 Å². The normalized spacial score (nSPS) is 11.0. The van der Waals surface area contributed by atoms with Crippen LogP contribution in [0.3, 0.4) is 0 Å². The van der Waals surface area contributed by atoms with Crippen LogP contribution >= 0.6 is 0 Å². The van der Waals surface area contributed by atoms with E-state index in [0.717, 1.165) is 16.7 Å². The van der Waals surface area contributed by atoms with Gasteiger partial charge in [0.25, 0.3) is 5.91 Å². The second kappa shape index (κ2) is 9.20. The van der Waals surface area contributed by atoms with Gasteiger partial charge in [-0.3, -0.25) is 9.59 Å². The maximum atomic E-state index is 12.8. The summed E-state index contributed by atoms with van der Waals surface area (Å²) in [4.78, 5) is 23.8. The van der Waals surface area contributed by atoms with Gasteiger partial charge in [0.2, 0.25) is 5.91 Å². The highest BCUT2D eigenvalue weighted by molar-refractivity contribution is 5.94. The minimum Gasteiger partial charge on any atom is -0.352 e. The molecule has 0 radical (unpaired) electrons. The summed E-state index contributed by atoms with van der Waals surface area (Å²) in [5.41, 5.74) is 3.51. The van der Waals surface area contributed by atoms with E-state index in [-0.39, 0.29) is 17.2 Å². The van der Waals surface area contributed by atoms with Crippen LogP contribution in [0.15, 0.2) is 84.9 Å². The van der Waals surface area contributed by atoms with Crippen molar-refractivity contribution in [2.45, 2.75) is 25.8 Å². The molecule has 3 aromatic carbocycles. The topological polar surface area (TPSA) is 58.2 Å². The zero-order valence-corrected chi connectivity index (χ0v) is 16.8. The minimum absolute atomic E-state index is 0.0760. The van der Waals surface area contributed by atoms with E-state index in [4.69, 9.17) is 0 Å². The van der Waals surface area contributed by atoms with Crippen molar-refractivity contribution in [2.24, 2.45) is 0 Å². The number of rotatable bonds is 7. The van der Waals surface area contributed by atoms with Crippen molar-refractivity contribution < 1.29 is 9.59 Å². The Balaban J connectivity index is 1.74. The van der Waals surface area contributed by atoms with E-state index in [1.807, 2.05) is 48.5 Å². The first kappa shape index (κ1) is 20.3. The molecule has 3 aromatic rings. The highest BCUT2D eigenvalue weighted by Gasteiger charge is 2.29. The van der Waals surface area contributed by atoms with E-state index in [0.29, 0.717) is 18.7 Å². The molecule has 3 rings (SSSR count). The second-order valence-corrected chi connectivity index (χ2v) is 7.35. The van der Waals surface area contributed by atoms with Crippen molar-refractivity contribution >= 4 is 11.8 Å². The quantitative estimate of drug-likeness (QED) is 0.643. The lowest BCUT2D eigenvalue weighted by Crippen LogP contribution is -2.39. The van der Waals surface area contributed by atoms with Crippen molar-refractivity contribution in [3.05, 3.63) is 107 Å². The largest absolute Gasteiger partial charge is 0.352 e. The summed E-state index contributed by atoms with van der Waals surface area (Å²) in [7, 11) is 0. The summed E-state index contributed by atoms with van der Waals surface area (Å²) in [6, 6.07) is 27.7. The first-order valence-electron chi connectivity index (χ1n) is 9.72. The lowest BCUT2D eigenvalue weighted by molar-refractivity contribution is -0.119. The van der Waals surface area contributed by atoms with Gasteiger partial charge in [0.15, 0.2) is 0 Å². The minimum atomic E-state index is -0.344. The van der Waals surface area contributed by atoms with Crippen LogP contribution in [0, 0.1) is 0 Å². The van der Waals surface area contributed by atoms with E-state index < -0.39 is 0 Å². The van der Waals surface area contributed by atoms with E-state index in [1.54, 1.807) is 12.1 Å². The summed E-state index contributed by atoms with van der Waals surface area (Å²) < 4.78 is 0. The van der Waals surface area contributed by atoms with Crippen LogP contribution in [0.25, 0.3) is 0 Å². The van der Waals surface area contributed by atoms with Crippen LogP contribution in [0.2, 0.25) is 0 Å². The number of hydrogen-bond donors (Lipinski definition) is 2. The average Bonchev–Trinajstić information content (AvgIpc) is 2.77. The number of amides is 2. The van der Waals surface area contributed by atoms with Crippen LogP contribution in [0.4, 0.5) is 0 Å². The molecule has 148 valence electrons. The predicted molar refractivity (Wildman–Crippen MR) is 116 cm³/mol. The molecule has 0 bridgehead atoms. The molecule has 0 heterocycles. The number of carbonyl (C=O) groups excluding carboxylic acids is 2. The molecular weight excluding hydrogens is 360 g/mol. The van der Waals surface area contributed by atoms with Crippen molar-refractivity contribution in [1.29, 1.82) is 0 Å². The van der Waals surface area contributed by atoms with Gasteiger partial charge in [0, 0.05) is 31.0 Å². The molecule has 2 amide bonds. The van der Waals surface area contributed by atoms with E-state index in [1.165, 1.54) is 6.92 Å². The van der Waals surface area contributed by atoms with Gasteiger partial charge in [0.05, 0.1) is 0 Å². The Morgan fingerprint density at radius 3 is 1.76 bits per heavy atom. The molecule has 0 aliphatic carbocycles. The van der Waals surface area contributed by atoms with Crippen molar-refractivity contribution in [3.63, 3.8) is 0 Å². The molecule has 0 aromatic heterocycles. The third-order valence-electron chi connectivity index (χ3n) is 5.18. The first-order valence-corrected chi connectivity index (χ1v) is 9.72. The maximum Gasteiger partial charge on any atom is 0.251 e. The van der Waals surface area contributed by atoms with Gasteiger partial charge in [-0.25, -0.2) is 0 Å². The lowest BCUT2D eigenvalue weighted by atomic mass is 9.76. The first-order chi connectivity index (χ1) is 14.0. The fourth-order valence-corrected chi connectivity index (χ4v) is 3.34. The van der Waals surface area contributed by atoms with Crippen LogP contribution in [0.5, 0.6) is 0 Å². The molecule has 0 spiro atoms.